The van der Waals surface area contributed by atoms with Crippen LogP contribution >= 0.6 is 11.3 Å². The summed E-state index contributed by atoms with van der Waals surface area (Å²) >= 11 is 1.53. The van der Waals surface area contributed by atoms with Crippen LogP contribution < -0.4 is 14.8 Å². The van der Waals surface area contributed by atoms with Crippen LogP contribution in [0.15, 0.2) is 24.3 Å². The molecule has 27 heavy (non-hydrogen) atoms. The van der Waals surface area contributed by atoms with E-state index in [1.807, 2.05) is 6.07 Å². The van der Waals surface area contributed by atoms with Crippen LogP contribution in [0.25, 0.3) is 6.08 Å². The van der Waals surface area contributed by atoms with Crippen molar-refractivity contribution in [2.45, 2.75) is 26.2 Å². The summed E-state index contributed by atoms with van der Waals surface area (Å²) in [7, 11) is 3.15. The minimum atomic E-state index is -0.257. The lowest BCUT2D eigenvalue weighted by molar-refractivity contribution is -0.111. The first-order valence-electron chi connectivity index (χ1n) is 8.81. The minimum Gasteiger partial charge on any atom is -0.493 e. The van der Waals surface area contributed by atoms with Gasteiger partial charge in [0.15, 0.2) is 11.5 Å². The molecular formula is C21H22N2O3S. The lowest BCUT2D eigenvalue weighted by Crippen LogP contribution is -2.10. The number of rotatable bonds is 5. The number of hydrogen-bond donors (Lipinski definition) is 1. The van der Waals surface area contributed by atoms with Gasteiger partial charge in [-0.2, -0.15) is 5.26 Å². The smallest absolute Gasteiger partial charge is 0.249 e. The van der Waals surface area contributed by atoms with Gasteiger partial charge >= 0.3 is 0 Å². The topological polar surface area (TPSA) is 71.3 Å². The van der Waals surface area contributed by atoms with E-state index in [9.17, 15) is 10.1 Å². The van der Waals surface area contributed by atoms with Crippen molar-refractivity contribution in [3.05, 3.63) is 45.8 Å². The number of hydrogen-bond acceptors (Lipinski definition) is 5. The third-order valence-corrected chi connectivity index (χ3v) is 5.86. The molecule has 0 fully saturated rings. The summed E-state index contributed by atoms with van der Waals surface area (Å²) in [6.07, 6.45) is 6.15. The van der Waals surface area contributed by atoms with Gasteiger partial charge in [-0.05, 0) is 54.5 Å². The van der Waals surface area contributed by atoms with Gasteiger partial charge in [-0.25, -0.2) is 0 Å². The molecule has 0 saturated carbocycles. The number of amides is 1. The SMILES string of the molecule is COc1ccc(/C=C/C(=O)Nc2sc3c(c2C#N)CC[C@H](C)C3)cc1OC. The number of fused-ring (bicyclic) bond motifs is 1. The summed E-state index contributed by atoms with van der Waals surface area (Å²) in [6, 6.07) is 7.70. The predicted molar refractivity (Wildman–Crippen MR) is 107 cm³/mol. The molecule has 0 aliphatic heterocycles. The van der Waals surface area contributed by atoms with Gasteiger partial charge in [0.2, 0.25) is 5.91 Å². The van der Waals surface area contributed by atoms with Gasteiger partial charge in [0.25, 0.3) is 0 Å². The lowest BCUT2D eigenvalue weighted by Gasteiger charge is -2.17. The average molecular weight is 382 g/mol. The molecule has 5 nitrogen and oxygen atoms in total. The zero-order valence-corrected chi connectivity index (χ0v) is 16.5. The molecule has 0 radical (unpaired) electrons. The number of carbonyl (C=O) groups is 1. The molecule has 1 aliphatic carbocycles. The van der Waals surface area contributed by atoms with Gasteiger partial charge in [0.05, 0.1) is 19.8 Å². The molecule has 1 heterocycles. The van der Waals surface area contributed by atoms with E-state index in [-0.39, 0.29) is 5.91 Å². The second kappa shape index (κ2) is 8.28. The van der Waals surface area contributed by atoms with Gasteiger partial charge in [0.1, 0.15) is 11.1 Å². The van der Waals surface area contributed by atoms with E-state index < -0.39 is 0 Å². The van der Waals surface area contributed by atoms with Gasteiger partial charge in [-0.3, -0.25) is 4.79 Å². The monoisotopic (exact) mass is 382 g/mol. The third kappa shape index (κ3) is 4.15. The number of carbonyl (C=O) groups excluding carboxylic acids is 1. The maximum atomic E-state index is 12.4. The van der Waals surface area contributed by atoms with E-state index in [4.69, 9.17) is 9.47 Å². The Labute approximate surface area is 163 Å². The number of ether oxygens (including phenoxy) is 2. The Morgan fingerprint density at radius 3 is 2.81 bits per heavy atom. The van der Waals surface area contributed by atoms with Gasteiger partial charge in [0, 0.05) is 11.0 Å². The number of nitrogens with one attached hydrogen (secondary N) is 1. The van der Waals surface area contributed by atoms with Crippen molar-refractivity contribution in [2.24, 2.45) is 5.92 Å². The van der Waals surface area contributed by atoms with E-state index in [1.54, 1.807) is 32.4 Å². The molecule has 1 N–H and O–H groups in total. The summed E-state index contributed by atoms with van der Waals surface area (Å²) in [5, 5.41) is 13.0. The molecule has 1 aromatic carbocycles. The summed E-state index contributed by atoms with van der Waals surface area (Å²) in [5.74, 6) is 1.60. The molecular weight excluding hydrogens is 360 g/mol. The predicted octanol–water partition coefficient (Wildman–Crippen LogP) is 4.41. The zero-order chi connectivity index (χ0) is 19.4. The van der Waals surface area contributed by atoms with Crippen LogP contribution in [0.5, 0.6) is 11.5 Å². The highest BCUT2D eigenvalue weighted by Gasteiger charge is 2.24. The van der Waals surface area contributed by atoms with Crippen LogP contribution in [0.3, 0.4) is 0 Å². The largest absolute Gasteiger partial charge is 0.493 e. The third-order valence-electron chi connectivity index (χ3n) is 4.69. The number of nitrogens with zero attached hydrogens (tertiary/aromatic N) is 1. The van der Waals surface area contributed by atoms with Crippen molar-refractivity contribution >= 4 is 28.3 Å². The Morgan fingerprint density at radius 1 is 1.33 bits per heavy atom. The number of nitriles is 1. The molecule has 140 valence electrons. The zero-order valence-electron chi connectivity index (χ0n) is 15.7. The Morgan fingerprint density at radius 2 is 2.11 bits per heavy atom. The Bertz CT molecular complexity index is 924. The number of methoxy groups -OCH3 is 2. The summed E-state index contributed by atoms with van der Waals surface area (Å²) < 4.78 is 10.5. The fourth-order valence-corrected chi connectivity index (χ4v) is 4.60. The molecule has 0 bridgehead atoms. The first kappa shape index (κ1) is 19.0. The Hall–Kier alpha value is -2.78. The second-order valence-corrected chi connectivity index (χ2v) is 7.71. The number of benzene rings is 1. The minimum absolute atomic E-state index is 0.257. The van der Waals surface area contributed by atoms with Crippen molar-refractivity contribution in [1.29, 1.82) is 5.26 Å². The van der Waals surface area contributed by atoms with Crippen LogP contribution in [0, 0.1) is 17.2 Å². The van der Waals surface area contributed by atoms with Crippen molar-refractivity contribution in [2.75, 3.05) is 19.5 Å². The van der Waals surface area contributed by atoms with E-state index in [0.29, 0.717) is 28.0 Å². The molecule has 1 aliphatic rings. The summed E-state index contributed by atoms with van der Waals surface area (Å²) in [5.41, 5.74) is 2.55. The van der Waals surface area contributed by atoms with Crippen LogP contribution in [-0.4, -0.2) is 20.1 Å². The number of anilines is 1. The van der Waals surface area contributed by atoms with Gasteiger partial charge in [-0.1, -0.05) is 13.0 Å². The van der Waals surface area contributed by atoms with E-state index in [1.165, 1.54) is 22.3 Å². The maximum Gasteiger partial charge on any atom is 0.249 e. The summed E-state index contributed by atoms with van der Waals surface area (Å²) in [6.45, 7) is 2.22. The molecule has 0 spiro atoms. The molecule has 3 rings (SSSR count). The van der Waals surface area contributed by atoms with E-state index in [0.717, 1.165) is 30.4 Å². The second-order valence-electron chi connectivity index (χ2n) is 6.60. The molecule has 2 aromatic rings. The lowest BCUT2D eigenvalue weighted by atomic mass is 9.89. The standard InChI is InChI=1S/C21H22N2O3S/c1-13-4-7-15-16(12-22)21(27-19(15)10-13)23-20(24)9-6-14-5-8-17(25-2)18(11-14)26-3/h5-6,8-9,11,13H,4,7,10H2,1-3H3,(H,23,24)/b9-6+/t13-/m0/s1. The maximum absolute atomic E-state index is 12.4. The molecule has 0 saturated heterocycles. The summed E-state index contributed by atoms with van der Waals surface area (Å²) in [4.78, 5) is 13.6. The highest BCUT2D eigenvalue weighted by molar-refractivity contribution is 7.16. The van der Waals surface area contributed by atoms with Crippen LogP contribution in [-0.2, 0) is 17.6 Å². The fourth-order valence-electron chi connectivity index (χ4n) is 3.24. The highest BCUT2D eigenvalue weighted by atomic mass is 32.1. The van der Waals surface area contributed by atoms with Crippen LogP contribution in [0.1, 0.15) is 34.9 Å². The normalized spacial score (nSPS) is 15.9. The Balaban J connectivity index is 1.75. The first-order chi connectivity index (χ1) is 13.0. The first-order valence-corrected chi connectivity index (χ1v) is 9.63. The molecule has 1 atom stereocenters. The highest BCUT2D eigenvalue weighted by Crippen LogP contribution is 2.39. The molecule has 6 heteroatoms. The quantitative estimate of drug-likeness (QED) is 0.778. The molecule has 1 amide bonds. The van der Waals surface area contributed by atoms with Crippen LogP contribution in [0.2, 0.25) is 0 Å². The van der Waals surface area contributed by atoms with Crippen molar-refractivity contribution in [3.63, 3.8) is 0 Å². The fraction of sp³-hybridized carbons (Fsp3) is 0.333. The van der Waals surface area contributed by atoms with Gasteiger partial charge < -0.3 is 14.8 Å². The van der Waals surface area contributed by atoms with E-state index in [2.05, 4.69) is 18.3 Å². The van der Waals surface area contributed by atoms with Crippen molar-refractivity contribution < 1.29 is 14.3 Å². The van der Waals surface area contributed by atoms with Crippen LogP contribution in [0.4, 0.5) is 5.00 Å². The molecule has 0 unspecified atom stereocenters. The molecule has 1 aromatic heterocycles. The average Bonchev–Trinajstić information content (AvgIpc) is 3.01. The van der Waals surface area contributed by atoms with E-state index >= 15 is 0 Å². The Kier molecular flexibility index (Phi) is 5.82. The van der Waals surface area contributed by atoms with Crippen molar-refractivity contribution in [3.8, 4) is 17.6 Å². The van der Waals surface area contributed by atoms with Crippen molar-refractivity contribution in [1.82, 2.24) is 0 Å². The van der Waals surface area contributed by atoms with Gasteiger partial charge in [-0.15, -0.1) is 11.3 Å². The number of thiophene rings is 1.